The van der Waals surface area contributed by atoms with Gasteiger partial charge in [0, 0.05) is 23.5 Å². The third-order valence-electron chi connectivity index (χ3n) is 4.96. The molecule has 0 bridgehead atoms. The molecule has 0 aromatic heterocycles. The molecular formula is C17H20O4. The molecule has 4 heteroatoms. The molecule has 2 aliphatic rings. The largest absolute Gasteiger partial charge is 0.478 e. The zero-order valence-corrected chi connectivity index (χ0v) is 12.8. The fourth-order valence-corrected chi connectivity index (χ4v) is 3.58. The van der Waals surface area contributed by atoms with Crippen LogP contribution in [-0.2, 0) is 17.6 Å². The summed E-state index contributed by atoms with van der Waals surface area (Å²) in [5, 5.41) is 9.19. The van der Waals surface area contributed by atoms with Crippen molar-refractivity contribution >= 4 is 11.8 Å². The van der Waals surface area contributed by atoms with Crippen molar-refractivity contribution in [3.05, 3.63) is 27.8 Å². The van der Waals surface area contributed by atoms with E-state index in [0.29, 0.717) is 18.6 Å². The molecule has 0 radical (unpaired) electrons. The van der Waals surface area contributed by atoms with Crippen molar-refractivity contribution < 1.29 is 19.4 Å². The number of aliphatic carboxylic acids is 1. The number of Topliss-reactive ketones (excluding diaryl/α,β-unsaturated/α-hetero) is 1. The van der Waals surface area contributed by atoms with Gasteiger partial charge in [-0.25, -0.2) is 4.79 Å². The van der Waals surface area contributed by atoms with E-state index in [0.717, 1.165) is 27.8 Å². The molecule has 1 N–H and O–H groups in total. The van der Waals surface area contributed by atoms with Crippen molar-refractivity contribution in [3.63, 3.8) is 0 Å². The quantitative estimate of drug-likeness (QED) is 0.908. The van der Waals surface area contributed by atoms with Crippen molar-refractivity contribution in [2.24, 2.45) is 11.8 Å². The predicted octanol–water partition coefficient (Wildman–Crippen LogP) is 2.70. The molecule has 3 rings (SSSR count). The Bertz CT molecular complexity index is 657. The Morgan fingerprint density at radius 2 is 1.86 bits per heavy atom. The summed E-state index contributed by atoms with van der Waals surface area (Å²) in [6, 6.07) is 0. The number of ketones is 1. The van der Waals surface area contributed by atoms with Gasteiger partial charge in [0.05, 0.1) is 0 Å². The summed E-state index contributed by atoms with van der Waals surface area (Å²) in [6.45, 7) is 7.97. The number of carboxylic acids is 1. The molecule has 4 nitrogen and oxygen atoms in total. The first kappa shape index (κ1) is 14.1. The number of ether oxygens (including phenoxy) is 1. The monoisotopic (exact) mass is 288 g/mol. The lowest BCUT2D eigenvalue weighted by Crippen LogP contribution is -2.24. The highest BCUT2D eigenvalue weighted by Gasteiger charge is 2.41. The number of hydrogen-bond donors (Lipinski definition) is 1. The van der Waals surface area contributed by atoms with Crippen LogP contribution in [0, 0.1) is 25.7 Å². The average molecular weight is 288 g/mol. The third kappa shape index (κ3) is 1.88. The molecule has 0 spiro atoms. The minimum absolute atomic E-state index is 0.00785. The van der Waals surface area contributed by atoms with Gasteiger partial charge in [-0.2, -0.15) is 0 Å². The lowest BCUT2D eigenvalue weighted by molar-refractivity contribution is -0.144. The molecular weight excluding hydrogens is 268 g/mol. The van der Waals surface area contributed by atoms with Crippen LogP contribution in [0.4, 0.5) is 0 Å². The van der Waals surface area contributed by atoms with Gasteiger partial charge in [0.2, 0.25) is 0 Å². The molecule has 2 unspecified atom stereocenters. The first-order chi connectivity index (χ1) is 9.82. The molecule has 21 heavy (non-hydrogen) atoms. The minimum Gasteiger partial charge on any atom is -0.478 e. The van der Waals surface area contributed by atoms with Crippen LogP contribution in [0.3, 0.4) is 0 Å². The summed E-state index contributed by atoms with van der Waals surface area (Å²) >= 11 is 0. The molecule has 1 aromatic rings. The van der Waals surface area contributed by atoms with Crippen molar-refractivity contribution in [2.75, 3.05) is 0 Å². The first-order valence-electron chi connectivity index (χ1n) is 7.41. The molecule has 1 aromatic carbocycles. The Balaban J connectivity index is 2.16. The minimum atomic E-state index is -0.943. The zero-order chi connectivity index (χ0) is 15.5. The van der Waals surface area contributed by atoms with Gasteiger partial charge in [-0.15, -0.1) is 0 Å². The highest BCUT2D eigenvalue weighted by molar-refractivity contribution is 6.05. The van der Waals surface area contributed by atoms with Gasteiger partial charge >= 0.3 is 5.97 Å². The molecule has 1 aliphatic heterocycles. The second-order valence-electron chi connectivity index (χ2n) is 6.48. The highest BCUT2D eigenvalue weighted by Crippen LogP contribution is 2.45. The van der Waals surface area contributed by atoms with E-state index < -0.39 is 12.1 Å². The highest BCUT2D eigenvalue weighted by atomic mass is 16.5. The van der Waals surface area contributed by atoms with E-state index in [1.54, 1.807) is 0 Å². The molecule has 0 amide bonds. The van der Waals surface area contributed by atoms with Crippen LogP contribution in [-0.4, -0.2) is 23.0 Å². The van der Waals surface area contributed by atoms with Crippen LogP contribution in [0.15, 0.2) is 0 Å². The van der Waals surface area contributed by atoms with E-state index in [4.69, 9.17) is 4.74 Å². The zero-order valence-electron chi connectivity index (χ0n) is 12.8. The Morgan fingerprint density at radius 1 is 1.19 bits per heavy atom. The van der Waals surface area contributed by atoms with Crippen LogP contribution < -0.4 is 4.74 Å². The molecule has 1 heterocycles. The maximum atomic E-state index is 12.7. The molecule has 0 fully saturated rings. The Hall–Kier alpha value is -1.84. The number of carbonyl (C=O) groups excluding carboxylic acids is 1. The standard InChI is InChI=1S/C17H20O4/c1-7(2)10-5-11-12-6-13(17(19)20)21-16(12)9(4)8(3)14(11)15(10)18/h7,10,13H,5-6H2,1-4H3,(H,19,20). The van der Waals surface area contributed by atoms with E-state index in [2.05, 4.69) is 13.8 Å². The predicted molar refractivity (Wildman–Crippen MR) is 78.0 cm³/mol. The van der Waals surface area contributed by atoms with Gasteiger partial charge in [0.15, 0.2) is 11.9 Å². The van der Waals surface area contributed by atoms with Crippen molar-refractivity contribution in [3.8, 4) is 5.75 Å². The topological polar surface area (TPSA) is 63.6 Å². The summed E-state index contributed by atoms with van der Waals surface area (Å²) in [5.41, 5.74) is 4.64. The Kier molecular flexibility index (Phi) is 3.08. The average Bonchev–Trinajstić information content (AvgIpc) is 2.97. The van der Waals surface area contributed by atoms with E-state index in [9.17, 15) is 14.7 Å². The SMILES string of the molecule is Cc1c(C)c2c(c3c1OC(C(=O)O)C3)CC(C(C)C)C2=O. The summed E-state index contributed by atoms with van der Waals surface area (Å²) in [7, 11) is 0. The van der Waals surface area contributed by atoms with Gasteiger partial charge in [0.25, 0.3) is 0 Å². The maximum Gasteiger partial charge on any atom is 0.345 e. The Labute approximate surface area is 124 Å². The van der Waals surface area contributed by atoms with E-state index >= 15 is 0 Å². The molecule has 2 atom stereocenters. The number of hydrogen-bond acceptors (Lipinski definition) is 3. The number of fused-ring (bicyclic) bond motifs is 3. The van der Waals surface area contributed by atoms with Crippen molar-refractivity contribution in [2.45, 2.75) is 46.6 Å². The molecule has 0 saturated carbocycles. The summed E-state index contributed by atoms with van der Waals surface area (Å²) < 4.78 is 5.63. The van der Waals surface area contributed by atoms with Gasteiger partial charge in [-0.1, -0.05) is 13.8 Å². The summed E-state index contributed by atoms with van der Waals surface area (Å²) in [6.07, 6.45) is 0.259. The van der Waals surface area contributed by atoms with E-state index in [1.165, 1.54) is 0 Å². The summed E-state index contributed by atoms with van der Waals surface area (Å²) in [5.74, 6) is 0.256. The van der Waals surface area contributed by atoms with Crippen LogP contribution in [0.1, 0.15) is 46.5 Å². The second-order valence-corrected chi connectivity index (χ2v) is 6.48. The lowest BCUT2D eigenvalue weighted by atomic mass is 9.91. The first-order valence-corrected chi connectivity index (χ1v) is 7.41. The number of carbonyl (C=O) groups is 2. The van der Waals surface area contributed by atoms with Gasteiger partial charge in [0.1, 0.15) is 5.75 Å². The van der Waals surface area contributed by atoms with Crippen molar-refractivity contribution in [1.82, 2.24) is 0 Å². The van der Waals surface area contributed by atoms with Crippen LogP contribution in [0.5, 0.6) is 5.75 Å². The van der Waals surface area contributed by atoms with Crippen LogP contribution >= 0.6 is 0 Å². The van der Waals surface area contributed by atoms with Gasteiger partial charge in [-0.3, -0.25) is 4.79 Å². The second kappa shape index (κ2) is 4.58. The number of benzene rings is 1. The third-order valence-corrected chi connectivity index (χ3v) is 4.96. The number of rotatable bonds is 2. The fourth-order valence-electron chi connectivity index (χ4n) is 3.58. The van der Waals surface area contributed by atoms with E-state index in [-0.39, 0.29) is 17.6 Å². The molecule has 0 saturated heterocycles. The lowest BCUT2D eigenvalue weighted by Gasteiger charge is -2.13. The van der Waals surface area contributed by atoms with E-state index in [1.807, 2.05) is 13.8 Å². The van der Waals surface area contributed by atoms with Crippen LogP contribution in [0.2, 0.25) is 0 Å². The van der Waals surface area contributed by atoms with Crippen LogP contribution in [0.25, 0.3) is 0 Å². The molecule has 112 valence electrons. The smallest absolute Gasteiger partial charge is 0.345 e. The number of carboxylic acid groups (broad SMARTS) is 1. The summed E-state index contributed by atoms with van der Waals surface area (Å²) in [4.78, 5) is 23.9. The van der Waals surface area contributed by atoms with Gasteiger partial charge < -0.3 is 9.84 Å². The fraction of sp³-hybridized carbons (Fsp3) is 0.529. The normalized spacial score (nSPS) is 23.2. The molecule has 1 aliphatic carbocycles. The maximum absolute atomic E-state index is 12.7. The van der Waals surface area contributed by atoms with Crippen molar-refractivity contribution in [1.29, 1.82) is 0 Å². The Morgan fingerprint density at radius 3 is 2.43 bits per heavy atom. The van der Waals surface area contributed by atoms with Gasteiger partial charge in [-0.05, 0) is 42.9 Å².